The Kier molecular flexibility index (Phi) is 4.52. The molecule has 6 nitrogen and oxygen atoms in total. The van der Waals surface area contributed by atoms with Crippen molar-refractivity contribution in [1.29, 1.82) is 0 Å². The molecule has 1 aromatic heterocycles. The zero-order chi connectivity index (χ0) is 14.8. The van der Waals surface area contributed by atoms with Crippen molar-refractivity contribution in [2.45, 2.75) is 25.4 Å². The Balaban J connectivity index is 2.46. The van der Waals surface area contributed by atoms with Crippen LogP contribution in [0.25, 0.3) is 0 Å². The molecule has 0 radical (unpaired) electrons. The number of esters is 1. The number of Topliss-reactive ketones (excluding diaryl/α,β-unsaturated/α-hetero) is 1. The Morgan fingerprint density at radius 3 is 2.45 bits per heavy atom. The quantitative estimate of drug-likeness (QED) is 0.623. The van der Waals surface area contributed by atoms with Crippen LogP contribution in [0.15, 0.2) is 0 Å². The number of hydrogen-bond acceptors (Lipinski definition) is 7. The predicted molar refractivity (Wildman–Crippen MR) is 72.2 cm³/mol. The molecule has 2 heterocycles. The van der Waals surface area contributed by atoms with Gasteiger partial charge in [-0.15, -0.1) is 11.3 Å². The third-order valence-corrected chi connectivity index (χ3v) is 4.75. The molecule has 0 aromatic carbocycles. The molecule has 0 N–H and O–H groups in total. The lowest BCUT2D eigenvalue weighted by atomic mass is 9.95. The van der Waals surface area contributed by atoms with Gasteiger partial charge in [0.05, 0.1) is 7.11 Å². The maximum absolute atomic E-state index is 11.7. The largest absolute Gasteiger partial charge is 0.464 e. The lowest BCUT2D eigenvalue weighted by molar-refractivity contribution is -0.0948. The topological polar surface area (TPSA) is 74.7 Å². The second-order valence-electron chi connectivity index (χ2n) is 4.56. The first-order valence-electron chi connectivity index (χ1n) is 6.27. The van der Waals surface area contributed by atoms with E-state index < -0.39 is 11.6 Å². The lowest BCUT2D eigenvalue weighted by Gasteiger charge is -2.33. The van der Waals surface area contributed by atoms with Gasteiger partial charge in [0.1, 0.15) is 15.5 Å². The Hall–Kier alpha value is -1.31. The van der Waals surface area contributed by atoms with Crippen LogP contribution in [0.3, 0.4) is 0 Å². The highest BCUT2D eigenvalue weighted by Crippen LogP contribution is 2.39. The van der Waals surface area contributed by atoms with Gasteiger partial charge in [-0.2, -0.15) is 0 Å². The van der Waals surface area contributed by atoms with E-state index in [1.54, 1.807) is 7.11 Å². The predicted octanol–water partition coefficient (Wildman–Crippen LogP) is 1.78. The SMILES string of the molecule is COC(=O)c1nc(C2(OC)CCOCC2)sc1C(C)=O. The number of hydrogen-bond donors (Lipinski definition) is 0. The Bertz CT molecular complexity index is 519. The summed E-state index contributed by atoms with van der Waals surface area (Å²) >= 11 is 1.20. The molecule has 2 rings (SSSR count). The summed E-state index contributed by atoms with van der Waals surface area (Å²) in [7, 11) is 2.88. The fourth-order valence-electron chi connectivity index (χ4n) is 2.20. The van der Waals surface area contributed by atoms with Crippen LogP contribution in [-0.2, 0) is 19.8 Å². The van der Waals surface area contributed by atoms with Gasteiger partial charge in [0.15, 0.2) is 11.5 Å². The van der Waals surface area contributed by atoms with E-state index in [0.717, 1.165) is 0 Å². The molecule has 0 aliphatic carbocycles. The zero-order valence-corrected chi connectivity index (χ0v) is 12.5. The van der Waals surface area contributed by atoms with Gasteiger partial charge in [0.25, 0.3) is 0 Å². The van der Waals surface area contributed by atoms with Crippen molar-refractivity contribution in [2.24, 2.45) is 0 Å². The number of thiazole rings is 1. The van der Waals surface area contributed by atoms with Crippen molar-refractivity contribution in [3.05, 3.63) is 15.6 Å². The van der Waals surface area contributed by atoms with Crippen LogP contribution in [0, 0.1) is 0 Å². The monoisotopic (exact) mass is 299 g/mol. The summed E-state index contributed by atoms with van der Waals surface area (Å²) < 4.78 is 15.7. The first-order chi connectivity index (χ1) is 9.54. The molecule has 20 heavy (non-hydrogen) atoms. The number of carbonyl (C=O) groups excluding carboxylic acids is 2. The van der Waals surface area contributed by atoms with Crippen LogP contribution in [-0.4, -0.2) is 44.2 Å². The highest BCUT2D eigenvalue weighted by Gasteiger charge is 2.39. The molecule has 1 aromatic rings. The van der Waals surface area contributed by atoms with E-state index in [9.17, 15) is 9.59 Å². The summed E-state index contributed by atoms with van der Waals surface area (Å²) in [6.45, 7) is 2.54. The first kappa shape index (κ1) is 15.1. The molecule has 1 aliphatic rings. The van der Waals surface area contributed by atoms with E-state index in [4.69, 9.17) is 9.47 Å². The zero-order valence-electron chi connectivity index (χ0n) is 11.7. The maximum Gasteiger partial charge on any atom is 0.358 e. The van der Waals surface area contributed by atoms with Crippen LogP contribution in [0.2, 0.25) is 0 Å². The summed E-state index contributed by atoms with van der Waals surface area (Å²) in [4.78, 5) is 28.0. The molecule has 0 spiro atoms. The highest BCUT2D eigenvalue weighted by molar-refractivity contribution is 7.14. The molecule has 110 valence electrons. The fourth-order valence-corrected chi connectivity index (χ4v) is 3.37. The van der Waals surface area contributed by atoms with Crippen molar-refractivity contribution < 1.29 is 23.8 Å². The van der Waals surface area contributed by atoms with Crippen molar-refractivity contribution in [3.63, 3.8) is 0 Å². The minimum Gasteiger partial charge on any atom is -0.464 e. The molecule has 1 fully saturated rings. The first-order valence-corrected chi connectivity index (χ1v) is 7.09. The van der Waals surface area contributed by atoms with E-state index in [0.29, 0.717) is 35.9 Å². The van der Waals surface area contributed by atoms with Gasteiger partial charge in [0, 0.05) is 40.1 Å². The molecular weight excluding hydrogens is 282 g/mol. The number of aromatic nitrogens is 1. The van der Waals surface area contributed by atoms with Crippen molar-refractivity contribution in [3.8, 4) is 0 Å². The van der Waals surface area contributed by atoms with Gasteiger partial charge in [0.2, 0.25) is 0 Å². The number of carbonyl (C=O) groups is 2. The summed E-state index contributed by atoms with van der Waals surface area (Å²) in [5.41, 5.74) is -0.512. The van der Waals surface area contributed by atoms with Crippen molar-refractivity contribution in [1.82, 2.24) is 4.98 Å². The van der Waals surface area contributed by atoms with Gasteiger partial charge < -0.3 is 14.2 Å². The van der Waals surface area contributed by atoms with Gasteiger partial charge in [-0.05, 0) is 0 Å². The van der Waals surface area contributed by atoms with Crippen LogP contribution < -0.4 is 0 Å². The molecule has 1 aliphatic heterocycles. The lowest BCUT2D eigenvalue weighted by Crippen LogP contribution is -2.35. The van der Waals surface area contributed by atoms with Crippen LogP contribution in [0.5, 0.6) is 0 Å². The average Bonchev–Trinajstić information content (AvgIpc) is 2.93. The van der Waals surface area contributed by atoms with E-state index in [1.807, 2.05) is 0 Å². The van der Waals surface area contributed by atoms with E-state index >= 15 is 0 Å². The number of ketones is 1. The summed E-state index contributed by atoms with van der Waals surface area (Å²) in [6, 6.07) is 0. The van der Waals surface area contributed by atoms with Gasteiger partial charge in [-0.1, -0.05) is 0 Å². The number of nitrogens with zero attached hydrogens (tertiary/aromatic N) is 1. The summed E-state index contributed by atoms with van der Waals surface area (Å²) in [6.07, 6.45) is 1.30. The van der Waals surface area contributed by atoms with Crippen LogP contribution >= 0.6 is 11.3 Å². The molecule has 0 unspecified atom stereocenters. The minimum absolute atomic E-state index is 0.0721. The van der Waals surface area contributed by atoms with Crippen LogP contribution in [0.1, 0.15) is 44.9 Å². The average molecular weight is 299 g/mol. The van der Waals surface area contributed by atoms with E-state index in [1.165, 1.54) is 25.4 Å². The normalized spacial score (nSPS) is 17.8. The molecule has 1 saturated heterocycles. The number of rotatable bonds is 4. The smallest absolute Gasteiger partial charge is 0.358 e. The highest BCUT2D eigenvalue weighted by atomic mass is 32.1. The van der Waals surface area contributed by atoms with Crippen LogP contribution in [0.4, 0.5) is 0 Å². The third-order valence-electron chi connectivity index (χ3n) is 3.41. The maximum atomic E-state index is 11.7. The van der Waals surface area contributed by atoms with Gasteiger partial charge in [-0.3, -0.25) is 4.79 Å². The molecule has 0 saturated carbocycles. The fraction of sp³-hybridized carbons (Fsp3) is 0.615. The molecule has 7 heteroatoms. The molecule has 0 atom stereocenters. The Morgan fingerprint density at radius 2 is 1.95 bits per heavy atom. The second-order valence-corrected chi connectivity index (χ2v) is 5.55. The number of ether oxygens (including phenoxy) is 3. The summed E-state index contributed by atoms with van der Waals surface area (Å²) in [5, 5.41) is 0.633. The standard InChI is InChI=1S/C13H17NO5S/c1-8(15)10-9(11(16)17-2)14-12(20-10)13(18-3)4-6-19-7-5-13/h4-7H2,1-3H3. The molecule has 0 amide bonds. The van der Waals surface area contributed by atoms with Gasteiger partial charge in [-0.25, -0.2) is 9.78 Å². The Morgan fingerprint density at radius 1 is 1.30 bits per heavy atom. The minimum atomic E-state index is -0.601. The Labute approximate surface area is 121 Å². The summed E-state index contributed by atoms with van der Waals surface area (Å²) in [5.74, 6) is -0.802. The van der Waals surface area contributed by atoms with Gasteiger partial charge >= 0.3 is 5.97 Å². The van der Waals surface area contributed by atoms with Crippen molar-refractivity contribution in [2.75, 3.05) is 27.4 Å². The van der Waals surface area contributed by atoms with E-state index in [2.05, 4.69) is 9.72 Å². The third kappa shape index (κ3) is 2.61. The second kappa shape index (κ2) is 5.99. The molecule has 0 bridgehead atoms. The van der Waals surface area contributed by atoms with Crippen molar-refractivity contribution >= 4 is 23.1 Å². The van der Waals surface area contributed by atoms with E-state index in [-0.39, 0.29) is 11.5 Å². The molecular formula is C13H17NO5S. The number of methoxy groups -OCH3 is 2.